The lowest BCUT2D eigenvalue weighted by Crippen LogP contribution is -2.16. The summed E-state index contributed by atoms with van der Waals surface area (Å²) in [5.74, 6) is -1.05. The average Bonchev–Trinajstić information content (AvgIpc) is 2.15. The van der Waals surface area contributed by atoms with E-state index >= 15 is 0 Å². The molecule has 1 aliphatic rings. The molecule has 1 aromatic carbocycles. The summed E-state index contributed by atoms with van der Waals surface area (Å²) < 4.78 is 43.6. The van der Waals surface area contributed by atoms with Gasteiger partial charge in [0.1, 0.15) is 17.1 Å². The Kier molecular flexibility index (Phi) is 2.77. The fourth-order valence-corrected chi connectivity index (χ4v) is 2.34. The molecule has 16 heavy (non-hydrogen) atoms. The Labute approximate surface area is 98.2 Å². The van der Waals surface area contributed by atoms with Crippen molar-refractivity contribution in [2.45, 2.75) is 19.0 Å². The molecule has 6 heteroatoms. The van der Waals surface area contributed by atoms with Gasteiger partial charge in [0.2, 0.25) is 0 Å². The van der Waals surface area contributed by atoms with Gasteiger partial charge in [0.15, 0.2) is 0 Å². The van der Waals surface area contributed by atoms with Crippen LogP contribution in [0.15, 0.2) is 10.5 Å². The van der Waals surface area contributed by atoms with E-state index in [0.29, 0.717) is 22.9 Å². The van der Waals surface area contributed by atoms with E-state index in [1.807, 2.05) is 0 Å². The molecule has 0 aromatic heterocycles. The minimum Gasteiger partial charge on any atom is -0.507 e. The monoisotopic (exact) mass is 296 g/mol. The standard InChI is InChI=1S/C10H8BrF3O2/c11-6-4-7(15)8(10(12,13)14)9-5(6)2-1-3-16-9/h4,15H,1-3H2. The number of ether oxygens (including phenoxy) is 1. The zero-order chi connectivity index (χ0) is 11.9. The lowest BCUT2D eigenvalue weighted by atomic mass is 10.0. The molecular formula is C10H8BrF3O2. The van der Waals surface area contributed by atoms with Crippen LogP contribution in [0.5, 0.6) is 11.5 Å². The third kappa shape index (κ3) is 1.86. The summed E-state index contributed by atoms with van der Waals surface area (Å²) >= 11 is 3.13. The van der Waals surface area contributed by atoms with Gasteiger partial charge in [-0.3, -0.25) is 0 Å². The second kappa shape index (κ2) is 3.84. The van der Waals surface area contributed by atoms with E-state index < -0.39 is 17.5 Å². The Morgan fingerprint density at radius 1 is 1.38 bits per heavy atom. The first-order valence-corrected chi connectivity index (χ1v) is 5.45. The fourth-order valence-electron chi connectivity index (χ4n) is 1.74. The third-order valence-corrected chi connectivity index (χ3v) is 3.12. The van der Waals surface area contributed by atoms with Crippen LogP contribution >= 0.6 is 15.9 Å². The molecule has 0 saturated heterocycles. The van der Waals surface area contributed by atoms with Crippen molar-refractivity contribution < 1.29 is 23.0 Å². The zero-order valence-electron chi connectivity index (χ0n) is 8.07. The van der Waals surface area contributed by atoms with Crippen molar-refractivity contribution in [3.63, 3.8) is 0 Å². The molecule has 0 aliphatic carbocycles. The van der Waals surface area contributed by atoms with E-state index in [4.69, 9.17) is 4.74 Å². The molecule has 0 unspecified atom stereocenters. The highest BCUT2D eigenvalue weighted by molar-refractivity contribution is 9.10. The van der Waals surface area contributed by atoms with E-state index in [0.717, 1.165) is 6.07 Å². The zero-order valence-corrected chi connectivity index (χ0v) is 9.65. The maximum atomic E-state index is 12.7. The van der Waals surface area contributed by atoms with Crippen molar-refractivity contribution in [2.24, 2.45) is 0 Å². The van der Waals surface area contributed by atoms with Gasteiger partial charge in [-0.05, 0) is 18.9 Å². The van der Waals surface area contributed by atoms with Gasteiger partial charge in [0, 0.05) is 10.0 Å². The topological polar surface area (TPSA) is 29.5 Å². The quantitative estimate of drug-likeness (QED) is 0.794. The highest BCUT2D eigenvalue weighted by Crippen LogP contribution is 2.47. The van der Waals surface area contributed by atoms with Crippen molar-refractivity contribution >= 4 is 15.9 Å². The van der Waals surface area contributed by atoms with Crippen molar-refractivity contribution in [1.82, 2.24) is 0 Å². The Hall–Kier alpha value is -0.910. The van der Waals surface area contributed by atoms with Crippen LogP contribution in [-0.4, -0.2) is 11.7 Å². The van der Waals surface area contributed by atoms with Gasteiger partial charge >= 0.3 is 6.18 Å². The van der Waals surface area contributed by atoms with Crippen LogP contribution in [0.1, 0.15) is 17.5 Å². The van der Waals surface area contributed by atoms with Gasteiger partial charge in [-0.1, -0.05) is 15.9 Å². The molecule has 2 nitrogen and oxygen atoms in total. The van der Waals surface area contributed by atoms with Gasteiger partial charge in [0.25, 0.3) is 0 Å². The summed E-state index contributed by atoms with van der Waals surface area (Å²) in [6, 6.07) is 1.07. The molecule has 0 amide bonds. The lowest BCUT2D eigenvalue weighted by molar-refractivity contribution is -0.140. The molecule has 1 N–H and O–H groups in total. The normalized spacial score (nSPS) is 15.5. The number of rotatable bonds is 0. The van der Waals surface area contributed by atoms with Gasteiger partial charge in [0.05, 0.1) is 6.61 Å². The minimum atomic E-state index is -4.60. The minimum absolute atomic E-state index is 0.242. The molecule has 88 valence electrons. The molecule has 0 atom stereocenters. The third-order valence-electron chi connectivity index (χ3n) is 2.41. The van der Waals surface area contributed by atoms with Gasteiger partial charge in [-0.2, -0.15) is 13.2 Å². The number of aromatic hydroxyl groups is 1. The molecule has 0 bridgehead atoms. The second-order valence-corrected chi connectivity index (χ2v) is 4.36. The van der Waals surface area contributed by atoms with Crippen LogP contribution in [-0.2, 0) is 12.6 Å². The highest BCUT2D eigenvalue weighted by Gasteiger charge is 2.40. The first kappa shape index (κ1) is 11.6. The van der Waals surface area contributed by atoms with E-state index in [-0.39, 0.29) is 12.4 Å². The number of alkyl halides is 3. The number of hydrogen-bond donors (Lipinski definition) is 1. The molecule has 0 spiro atoms. The summed E-state index contributed by atoms with van der Waals surface area (Å²) in [7, 11) is 0. The van der Waals surface area contributed by atoms with E-state index in [2.05, 4.69) is 15.9 Å². The van der Waals surface area contributed by atoms with Crippen molar-refractivity contribution in [3.8, 4) is 11.5 Å². The number of halogens is 4. The fraction of sp³-hybridized carbons (Fsp3) is 0.400. The molecule has 1 aromatic rings. The number of fused-ring (bicyclic) bond motifs is 1. The van der Waals surface area contributed by atoms with Crippen LogP contribution in [0.25, 0.3) is 0 Å². The SMILES string of the molecule is Oc1cc(Br)c2c(c1C(F)(F)F)OCCC2. The Morgan fingerprint density at radius 3 is 2.69 bits per heavy atom. The van der Waals surface area contributed by atoms with E-state index in [9.17, 15) is 18.3 Å². The highest BCUT2D eigenvalue weighted by atomic mass is 79.9. The number of phenolic OH excluding ortho intramolecular Hbond substituents is 1. The van der Waals surface area contributed by atoms with Gasteiger partial charge < -0.3 is 9.84 Å². The summed E-state index contributed by atoms with van der Waals surface area (Å²) in [6.07, 6.45) is -3.42. The maximum Gasteiger partial charge on any atom is 0.423 e. The van der Waals surface area contributed by atoms with E-state index in [1.165, 1.54) is 0 Å². The second-order valence-electron chi connectivity index (χ2n) is 3.51. The lowest BCUT2D eigenvalue weighted by Gasteiger charge is -2.23. The van der Waals surface area contributed by atoms with Crippen molar-refractivity contribution in [2.75, 3.05) is 6.61 Å². The Bertz CT molecular complexity index is 429. The largest absolute Gasteiger partial charge is 0.507 e. The maximum absolute atomic E-state index is 12.7. The van der Waals surface area contributed by atoms with Crippen LogP contribution in [0, 0.1) is 0 Å². The molecule has 0 radical (unpaired) electrons. The summed E-state index contributed by atoms with van der Waals surface area (Å²) in [4.78, 5) is 0. The molecule has 2 rings (SSSR count). The first-order valence-electron chi connectivity index (χ1n) is 4.65. The molecule has 0 fully saturated rings. The smallest absolute Gasteiger partial charge is 0.423 e. The predicted octanol–water partition coefficient (Wildman–Crippen LogP) is 3.50. The molecule has 1 aliphatic heterocycles. The average molecular weight is 297 g/mol. The molecule has 1 heterocycles. The number of phenols is 1. The van der Waals surface area contributed by atoms with Gasteiger partial charge in [-0.15, -0.1) is 0 Å². The van der Waals surface area contributed by atoms with Crippen LogP contribution in [0.2, 0.25) is 0 Å². The number of hydrogen-bond acceptors (Lipinski definition) is 2. The summed E-state index contributed by atoms with van der Waals surface area (Å²) in [5.41, 5.74) is -0.609. The Morgan fingerprint density at radius 2 is 2.06 bits per heavy atom. The van der Waals surface area contributed by atoms with Crippen LogP contribution < -0.4 is 4.74 Å². The van der Waals surface area contributed by atoms with Crippen molar-refractivity contribution in [1.29, 1.82) is 0 Å². The summed E-state index contributed by atoms with van der Waals surface area (Å²) in [5, 5.41) is 9.35. The Balaban J connectivity index is 2.68. The van der Waals surface area contributed by atoms with Crippen LogP contribution in [0.4, 0.5) is 13.2 Å². The first-order chi connectivity index (χ1) is 7.41. The van der Waals surface area contributed by atoms with E-state index in [1.54, 1.807) is 0 Å². The molecule has 0 saturated carbocycles. The number of benzene rings is 1. The predicted molar refractivity (Wildman–Crippen MR) is 54.6 cm³/mol. The molecular weight excluding hydrogens is 289 g/mol. The summed E-state index contributed by atoms with van der Waals surface area (Å²) in [6.45, 7) is 0.242. The van der Waals surface area contributed by atoms with Crippen LogP contribution in [0.3, 0.4) is 0 Å². The van der Waals surface area contributed by atoms with Gasteiger partial charge in [-0.25, -0.2) is 0 Å². The van der Waals surface area contributed by atoms with Crippen molar-refractivity contribution in [3.05, 3.63) is 21.7 Å².